The van der Waals surface area contributed by atoms with Gasteiger partial charge in [-0.1, -0.05) is 77.4 Å². The zero-order valence-corrected chi connectivity index (χ0v) is 16.9. The summed E-state index contributed by atoms with van der Waals surface area (Å²) in [4.78, 5) is 11.7. The summed E-state index contributed by atoms with van der Waals surface area (Å²) in [6.45, 7) is 4.28. The highest BCUT2D eigenvalue weighted by Crippen LogP contribution is 2.10. The quantitative estimate of drug-likeness (QED) is 0.238. The zero-order valence-electron chi connectivity index (χ0n) is 16.9. The zero-order chi connectivity index (χ0) is 18.6. The van der Waals surface area contributed by atoms with Crippen LogP contribution in [0.1, 0.15) is 110 Å². The Kier molecular flexibility index (Phi) is 18.8. The molecule has 0 radical (unpaired) electrons. The number of carbonyl (C=O) groups excluding carboxylic acids is 1. The van der Waals surface area contributed by atoms with Gasteiger partial charge in [-0.15, -0.1) is 0 Å². The lowest BCUT2D eigenvalue weighted by Gasteiger charge is -2.13. The predicted molar refractivity (Wildman–Crippen MR) is 109 cm³/mol. The molecule has 0 aliphatic heterocycles. The molecule has 148 valence electrons. The van der Waals surface area contributed by atoms with Gasteiger partial charge >= 0.3 is 0 Å². The number of nitrogens with one attached hydrogen (secondary N) is 1. The predicted octanol–water partition coefficient (Wildman–Crippen LogP) is 5.91. The molecule has 0 bridgehead atoms. The van der Waals surface area contributed by atoms with Crippen LogP contribution in [0.5, 0.6) is 0 Å². The normalized spacial score (nSPS) is 12.6. The third-order valence-electron chi connectivity index (χ3n) is 4.74. The van der Waals surface area contributed by atoms with E-state index in [1.54, 1.807) is 0 Å². The van der Waals surface area contributed by atoms with Crippen molar-refractivity contribution in [2.24, 2.45) is 0 Å². The van der Waals surface area contributed by atoms with E-state index in [1.807, 2.05) is 6.92 Å². The summed E-state index contributed by atoms with van der Waals surface area (Å²) in [6.07, 6.45) is 22.6. The van der Waals surface area contributed by atoms with Crippen molar-refractivity contribution in [2.45, 2.75) is 116 Å². The van der Waals surface area contributed by atoms with Crippen molar-refractivity contribution in [1.82, 2.24) is 5.32 Å². The van der Waals surface area contributed by atoms with E-state index >= 15 is 0 Å². The van der Waals surface area contributed by atoms with Crippen molar-refractivity contribution in [3.63, 3.8) is 0 Å². The molecule has 0 aromatic rings. The second kappa shape index (κ2) is 19.5. The Morgan fingerprint density at radius 1 is 0.840 bits per heavy atom. The van der Waals surface area contributed by atoms with Crippen molar-refractivity contribution in [2.75, 3.05) is 6.61 Å². The Morgan fingerprint density at radius 3 is 1.88 bits per heavy atom. The molecule has 2 N–H and O–H groups in total. The van der Waals surface area contributed by atoms with Gasteiger partial charge < -0.3 is 10.4 Å². The molecular formula is C22H43NO2. The van der Waals surface area contributed by atoms with Crippen LogP contribution in [0.4, 0.5) is 0 Å². The van der Waals surface area contributed by atoms with E-state index in [2.05, 4.69) is 24.4 Å². The van der Waals surface area contributed by atoms with Gasteiger partial charge in [0.15, 0.2) is 0 Å². The second-order valence-corrected chi connectivity index (χ2v) is 7.19. The maximum atomic E-state index is 11.7. The summed E-state index contributed by atoms with van der Waals surface area (Å²) in [5, 5.41) is 11.9. The second-order valence-electron chi connectivity index (χ2n) is 7.19. The minimum absolute atomic E-state index is 0.0363. The maximum absolute atomic E-state index is 11.7. The fourth-order valence-corrected chi connectivity index (χ4v) is 2.93. The van der Waals surface area contributed by atoms with Gasteiger partial charge in [0.25, 0.3) is 0 Å². The lowest BCUT2D eigenvalue weighted by molar-refractivity contribution is -0.122. The number of hydrogen-bond donors (Lipinski definition) is 2. The summed E-state index contributed by atoms with van der Waals surface area (Å²) in [7, 11) is 0. The summed E-state index contributed by atoms with van der Waals surface area (Å²) in [5.74, 6) is 0.0820. The van der Waals surface area contributed by atoms with E-state index in [0.717, 1.165) is 19.3 Å². The Labute approximate surface area is 156 Å². The molecule has 0 saturated carbocycles. The minimum atomic E-state index is -0.0735. The van der Waals surface area contributed by atoms with Gasteiger partial charge in [-0.2, -0.15) is 0 Å². The smallest absolute Gasteiger partial charge is 0.220 e. The van der Waals surface area contributed by atoms with Gasteiger partial charge in [0.1, 0.15) is 0 Å². The molecule has 1 amide bonds. The summed E-state index contributed by atoms with van der Waals surface area (Å²) >= 11 is 0. The standard InChI is InChI=1S/C22H43NO2/c1-3-5-6-7-8-9-10-11-12-13-14-15-16-17-18-19-22(25)23-21(4-2)20-24/h11-12,21,24H,3-10,13-20H2,1-2H3,(H,23,25). The molecular weight excluding hydrogens is 310 g/mol. The van der Waals surface area contributed by atoms with Gasteiger partial charge in [0.2, 0.25) is 5.91 Å². The number of aliphatic hydroxyl groups is 1. The van der Waals surface area contributed by atoms with Crippen molar-refractivity contribution >= 4 is 5.91 Å². The summed E-state index contributed by atoms with van der Waals surface area (Å²) in [6, 6.07) is -0.0735. The number of aliphatic hydroxyl groups excluding tert-OH is 1. The third kappa shape index (κ3) is 17.8. The Morgan fingerprint density at radius 2 is 1.36 bits per heavy atom. The Hall–Kier alpha value is -0.830. The molecule has 0 aromatic carbocycles. The largest absolute Gasteiger partial charge is 0.394 e. The molecule has 1 unspecified atom stereocenters. The molecule has 1 atom stereocenters. The molecule has 0 fully saturated rings. The number of carbonyl (C=O) groups is 1. The number of unbranched alkanes of at least 4 members (excludes halogenated alkanes) is 11. The summed E-state index contributed by atoms with van der Waals surface area (Å²) in [5.41, 5.74) is 0. The van der Waals surface area contributed by atoms with E-state index in [1.165, 1.54) is 70.6 Å². The first-order valence-electron chi connectivity index (χ1n) is 10.8. The number of allylic oxidation sites excluding steroid dienone is 2. The van der Waals surface area contributed by atoms with E-state index in [-0.39, 0.29) is 18.6 Å². The Balaban J connectivity index is 3.28. The van der Waals surface area contributed by atoms with Crippen LogP contribution in [-0.2, 0) is 4.79 Å². The minimum Gasteiger partial charge on any atom is -0.394 e. The molecule has 3 nitrogen and oxygen atoms in total. The number of amides is 1. The van der Waals surface area contributed by atoms with Crippen LogP contribution in [0.25, 0.3) is 0 Å². The maximum Gasteiger partial charge on any atom is 0.220 e. The molecule has 0 aliphatic rings. The highest BCUT2D eigenvalue weighted by Gasteiger charge is 2.08. The van der Waals surface area contributed by atoms with Crippen molar-refractivity contribution < 1.29 is 9.90 Å². The highest BCUT2D eigenvalue weighted by atomic mass is 16.3. The monoisotopic (exact) mass is 353 g/mol. The van der Waals surface area contributed by atoms with Gasteiger partial charge in [-0.3, -0.25) is 4.79 Å². The van der Waals surface area contributed by atoms with E-state index in [0.29, 0.717) is 6.42 Å². The fourth-order valence-electron chi connectivity index (χ4n) is 2.93. The van der Waals surface area contributed by atoms with Crippen molar-refractivity contribution in [3.8, 4) is 0 Å². The van der Waals surface area contributed by atoms with Crippen LogP contribution < -0.4 is 5.32 Å². The number of hydrogen-bond acceptors (Lipinski definition) is 2. The number of rotatable bonds is 18. The van der Waals surface area contributed by atoms with Gasteiger partial charge in [-0.25, -0.2) is 0 Å². The molecule has 3 heteroatoms. The van der Waals surface area contributed by atoms with Crippen molar-refractivity contribution in [3.05, 3.63) is 12.2 Å². The van der Waals surface area contributed by atoms with E-state index in [4.69, 9.17) is 5.11 Å². The average molecular weight is 354 g/mol. The van der Waals surface area contributed by atoms with Gasteiger partial charge in [0.05, 0.1) is 12.6 Å². The topological polar surface area (TPSA) is 49.3 Å². The van der Waals surface area contributed by atoms with Gasteiger partial charge in [-0.05, 0) is 38.5 Å². The molecule has 0 saturated heterocycles. The molecule has 0 heterocycles. The van der Waals surface area contributed by atoms with Crippen LogP contribution in [0.2, 0.25) is 0 Å². The molecule has 0 aromatic heterocycles. The third-order valence-corrected chi connectivity index (χ3v) is 4.74. The Bertz CT molecular complexity index is 311. The van der Waals surface area contributed by atoms with Crippen LogP contribution in [-0.4, -0.2) is 23.7 Å². The van der Waals surface area contributed by atoms with Crippen LogP contribution in [0, 0.1) is 0 Å². The first kappa shape index (κ1) is 24.2. The SMILES string of the molecule is CCCCCCCCC=CCCCCCCCC(=O)NC(CC)CO. The lowest BCUT2D eigenvalue weighted by atomic mass is 10.1. The average Bonchev–Trinajstić information content (AvgIpc) is 2.62. The summed E-state index contributed by atoms with van der Waals surface area (Å²) < 4.78 is 0. The first-order chi connectivity index (χ1) is 12.2. The van der Waals surface area contributed by atoms with Crippen LogP contribution in [0.15, 0.2) is 12.2 Å². The van der Waals surface area contributed by atoms with Gasteiger partial charge in [0, 0.05) is 6.42 Å². The molecule has 0 rings (SSSR count). The van der Waals surface area contributed by atoms with Crippen molar-refractivity contribution in [1.29, 1.82) is 0 Å². The molecule has 0 aliphatic carbocycles. The van der Waals surface area contributed by atoms with E-state index in [9.17, 15) is 4.79 Å². The van der Waals surface area contributed by atoms with Crippen LogP contribution in [0.3, 0.4) is 0 Å². The molecule has 0 spiro atoms. The lowest BCUT2D eigenvalue weighted by Crippen LogP contribution is -2.36. The highest BCUT2D eigenvalue weighted by molar-refractivity contribution is 5.76. The van der Waals surface area contributed by atoms with E-state index < -0.39 is 0 Å². The first-order valence-corrected chi connectivity index (χ1v) is 10.8. The fraction of sp³-hybridized carbons (Fsp3) is 0.864. The molecule has 25 heavy (non-hydrogen) atoms. The van der Waals surface area contributed by atoms with Crippen LogP contribution >= 0.6 is 0 Å².